The van der Waals surface area contributed by atoms with Crippen molar-refractivity contribution in [2.24, 2.45) is 5.73 Å². The predicted octanol–water partition coefficient (Wildman–Crippen LogP) is 2.64. The number of hydrogen-bond acceptors (Lipinski definition) is 2. The number of nitrogens with one attached hydrogen (secondary N) is 1. The maximum Gasteiger partial charge on any atom is 0.222 e. The van der Waals surface area contributed by atoms with Crippen LogP contribution in [0.1, 0.15) is 43.0 Å². The Morgan fingerprint density at radius 3 is 2.44 bits per heavy atom. The molecule has 4 heteroatoms. The molecule has 0 bridgehead atoms. The van der Waals surface area contributed by atoms with Crippen molar-refractivity contribution in [3.63, 3.8) is 0 Å². The average Bonchev–Trinajstić information content (AvgIpc) is 2.15. The Morgan fingerprint density at radius 2 is 1.94 bits per heavy atom. The van der Waals surface area contributed by atoms with Crippen molar-refractivity contribution >= 4 is 18.3 Å². The van der Waals surface area contributed by atoms with E-state index in [4.69, 9.17) is 5.73 Å². The van der Waals surface area contributed by atoms with E-state index in [1.54, 1.807) is 0 Å². The first-order chi connectivity index (χ1) is 7.90. The van der Waals surface area contributed by atoms with Crippen molar-refractivity contribution in [1.29, 1.82) is 0 Å². The number of carbonyl (C=O) groups excluding carboxylic acids is 1. The maximum absolute atomic E-state index is 11.6. The van der Waals surface area contributed by atoms with E-state index in [9.17, 15) is 4.79 Å². The highest BCUT2D eigenvalue weighted by Crippen LogP contribution is 2.18. The van der Waals surface area contributed by atoms with Crippen molar-refractivity contribution in [3.05, 3.63) is 34.9 Å². The first kappa shape index (κ1) is 16.9. The highest BCUT2D eigenvalue weighted by Gasteiger charge is 2.12. The smallest absolute Gasteiger partial charge is 0.222 e. The summed E-state index contributed by atoms with van der Waals surface area (Å²) in [4.78, 5) is 11.6. The summed E-state index contributed by atoms with van der Waals surface area (Å²) < 4.78 is 0. The van der Waals surface area contributed by atoms with Crippen LogP contribution in [0.3, 0.4) is 0 Å². The number of nitrogens with two attached hydrogens (primary N) is 1. The second kappa shape index (κ2) is 7.39. The topological polar surface area (TPSA) is 55.1 Å². The molecule has 1 amide bonds. The fourth-order valence-corrected chi connectivity index (χ4v) is 1.98. The summed E-state index contributed by atoms with van der Waals surface area (Å²) in [5.74, 6) is 0.00692. The minimum absolute atomic E-state index is 0. The Labute approximate surface area is 116 Å². The van der Waals surface area contributed by atoms with Crippen molar-refractivity contribution < 1.29 is 4.79 Å². The van der Waals surface area contributed by atoms with Crippen molar-refractivity contribution in [1.82, 2.24) is 5.32 Å². The van der Waals surface area contributed by atoms with Gasteiger partial charge in [-0.2, -0.15) is 0 Å². The molecule has 0 fully saturated rings. The first-order valence-electron chi connectivity index (χ1n) is 6.02. The molecule has 0 aromatic heterocycles. The van der Waals surface area contributed by atoms with E-state index in [-0.39, 0.29) is 30.4 Å². The van der Waals surface area contributed by atoms with Crippen LogP contribution in [0.5, 0.6) is 0 Å². The number of halogens is 1. The number of carbonyl (C=O) groups is 1. The standard InChI is InChI=1S/C14H22N2O.ClH/c1-9-5-6-13(10(2)7-9)12(4)16-14(17)8-11(3)15;/h5-7,11-12H,8,15H2,1-4H3,(H,16,17);1H. The van der Waals surface area contributed by atoms with Gasteiger partial charge in [0.15, 0.2) is 0 Å². The lowest BCUT2D eigenvalue weighted by atomic mass is 10.00. The molecule has 3 nitrogen and oxygen atoms in total. The van der Waals surface area contributed by atoms with Crippen LogP contribution in [0, 0.1) is 13.8 Å². The Kier molecular flexibility index (Phi) is 6.96. The van der Waals surface area contributed by atoms with Gasteiger partial charge in [0, 0.05) is 12.5 Å². The van der Waals surface area contributed by atoms with Gasteiger partial charge in [-0.05, 0) is 38.8 Å². The van der Waals surface area contributed by atoms with Gasteiger partial charge in [0.1, 0.15) is 0 Å². The lowest BCUT2D eigenvalue weighted by molar-refractivity contribution is -0.122. The zero-order valence-corrected chi connectivity index (χ0v) is 12.3. The van der Waals surface area contributed by atoms with Crippen molar-refractivity contribution in [2.75, 3.05) is 0 Å². The molecular formula is C14H23ClN2O. The second-order valence-electron chi connectivity index (χ2n) is 4.83. The van der Waals surface area contributed by atoms with Crippen LogP contribution in [0.4, 0.5) is 0 Å². The highest BCUT2D eigenvalue weighted by molar-refractivity contribution is 5.85. The van der Waals surface area contributed by atoms with Gasteiger partial charge < -0.3 is 11.1 Å². The number of aryl methyl sites for hydroxylation is 2. The van der Waals surface area contributed by atoms with Crippen LogP contribution in [-0.2, 0) is 4.79 Å². The third-order valence-electron chi connectivity index (χ3n) is 2.78. The lowest BCUT2D eigenvalue weighted by Crippen LogP contribution is -2.32. The molecule has 0 spiro atoms. The molecule has 0 saturated carbocycles. The Bertz CT molecular complexity index is 405. The van der Waals surface area contributed by atoms with Gasteiger partial charge in [0.05, 0.1) is 6.04 Å². The molecule has 0 saturated heterocycles. The molecule has 2 unspecified atom stereocenters. The van der Waals surface area contributed by atoms with Crippen LogP contribution in [0.2, 0.25) is 0 Å². The van der Waals surface area contributed by atoms with E-state index < -0.39 is 0 Å². The number of benzene rings is 1. The van der Waals surface area contributed by atoms with Crippen LogP contribution in [-0.4, -0.2) is 11.9 Å². The third kappa shape index (κ3) is 5.07. The SMILES string of the molecule is Cc1ccc(C(C)NC(=O)CC(C)N)c(C)c1.Cl. The quantitative estimate of drug-likeness (QED) is 0.884. The van der Waals surface area contributed by atoms with Gasteiger partial charge in [-0.25, -0.2) is 0 Å². The Balaban J connectivity index is 0.00000289. The Hall–Kier alpha value is -1.06. The first-order valence-corrected chi connectivity index (χ1v) is 6.02. The zero-order chi connectivity index (χ0) is 13.0. The fraction of sp³-hybridized carbons (Fsp3) is 0.500. The van der Waals surface area contributed by atoms with E-state index in [1.807, 2.05) is 13.8 Å². The predicted molar refractivity (Wildman–Crippen MR) is 78.0 cm³/mol. The molecule has 0 aliphatic rings. The minimum Gasteiger partial charge on any atom is -0.350 e. The third-order valence-corrected chi connectivity index (χ3v) is 2.78. The van der Waals surface area contributed by atoms with E-state index in [1.165, 1.54) is 11.1 Å². The summed E-state index contributed by atoms with van der Waals surface area (Å²) in [6, 6.07) is 6.20. The summed E-state index contributed by atoms with van der Waals surface area (Å²) in [7, 11) is 0. The lowest BCUT2D eigenvalue weighted by Gasteiger charge is -2.17. The second-order valence-corrected chi connectivity index (χ2v) is 4.83. The number of rotatable bonds is 4. The van der Waals surface area contributed by atoms with E-state index in [0.717, 1.165) is 5.56 Å². The molecule has 3 N–H and O–H groups in total. The van der Waals surface area contributed by atoms with Gasteiger partial charge in [-0.1, -0.05) is 23.8 Å². The average molecular weight is 271 g/mol. The Morgan fingerprint density at radius 1 is 1.33 bits per heavy atom. The highest BCUT2D eigenvalue weighted by atomic mass is 35.5. The monoisotopic (exact) mass is 270 g/mol. The molecule has 1 rings (SSSR count). The van der Waals surface area contributed by atoms with Gasteiger partial charge in [0.2, 0.25) is 5.91 Å². The van der Waals surface area contributed by atoms with Gasteiger partial charge in [0.25, 0.3) is 0 Å². The van der Waals surface area contributed by atoms with Crippen molar-refractivity contribution in [3.8, 4) is 0 Å². The normalized spacial score (nSPS) is 13.4. The van der Waals surface area contributed by atoms with E-state index in [0.29, 0.717) is 6.42 Å². The fourth-order valence-electron chi connectivity index (χ4n) is 1.98. The molecule has 0 radical (unpaired) electrons. The summed E-state index contributed by atoms with van der Waals surface area (Å²) in [5.41, 5.74) is 9.20. The molecular weight excluding hydrogens is 248 g/mol. The van der Waals surface area contributed by atoms with Gasteiger partial charge in [-0.3, -0.25) is 4.79 Å². The summed E-state index contributed by atoms with van der Waals surface area (Å²) in [6.45, 7) is 7.96. The van der Waals surface area contributed by atoms with Crippen LogP contribution >= 0.6 is 12.4 Å². The summed E-state index contributed by atoms with van der Waals surface area (Å²) in [5, 5.41) is 2.97. The summed E-state index contributed by atoms with van der Waals surface area (Å²) in [6.07, 6.45) is 0.370. The minimum atomic E-state index is -0.0960. The molecule has 0 aliphatic carbocycles. The van der Waals surface area contributed by atoms with Crippen LogP contribution in [0.15, 0.2) is 18.2 Å². The molecule has 1 aromatic carbocycles. The molecule has 2 atom stereocenters. The van der Waals surface area contributed by atoms with Gasteiger partial charge >= 0.3 is 0 Å². The number of amides is 1. The molecule has 102 valence electrons. The number of hydrogen-bond donors (Lipinski definition) is 2. The molecule has 1 aromatic rings. The van der Waals surface area contributed by atoms with Gasteiger partial charge in [-0.15, -0.1) is 12.4 Å². The van der Waals surface area contributed by atoms with Crippen LogP contribution in [0.25, 0.3) is 0 Å². The molecule has 0 aliphatic heterocycles. The summed E-state index contributed by atoms with van der Waals surface area (Å²) >= 11 is 0. The van der Waals surface area contributed by atoms with Crippen molar-refractivity contribution in [2.45, 2.75) is 46.2 Å². The maximum atomic E-state index is 11.6. The molecule has 0 heterocycles. The van der Waals surface area contributed by atoms with Crippen LogP contribution < -0.4 is 11.1 Å². The molecule has 18 heavy (non-hydrogen) atoms. The van der Waals surface area contributed by atoms with E-state index in [2.05, 4.69) is 37.4 Å². The largest absolute Gasteiger partial charge is 0.350 e. The zero-order valence-electron chi connectivity index (χ0n) is 11.5. The van der Waals surface area contributed by atoms with E-state index >= 15 is 0 Å².